The molecule has 1 aliphatic carbocycles. The van der Waals surface area contributed by atoms with Crippen LogP contribution in [0.5, 0.6) is 0 Å². The molecule has 0 atom stereocenters. The number of anilines is 1. The summed E-state index contributed by atoms with van der Waals surface area (Å²) in [6.07, 6.45) is 7.22. The number of hydrogen-bond acceptors (Lipinski definition) is 3. The number of halogens is 1. The van der Waals surface area contributed by atoms with Gasteiger partial charge in [0.25, 0.3) is 0 Å². The van der Waals surface area contributed by atoms with Crippen LogP contribution in [0.1, 0.15) is 25.7 Å². The lowest BCUT2D eigenvalue weighted by Crippen LogP contribution is -2.25. The number of nitrogens with zero attached hydrogens (tertiary/aromatic N) is 1. The van der Waals surface area contributed by atoms with Crippen LogP contribution < -0.4 is 10.6 Å². The zero-order valence-corrected chi connectivity index (χ0v) is 11.2. The monoisotopic (exact) mass is 297 g/mol. The van der Waals surface area contributed by atoms with E-state index in [1.165, 1.54) is 0 Å². The Bertz CT molecular complexity index is 393. The van der Waals surface area contributed by atoms with Gasteiger partial charge in [-0.1, -0.05) is 0 Å². The van der Waals surface area contributed by atoms with Crippen molar-refractivity contribution in [3.8, 4) is 0 Å². The Hall–Kier alpha value is -1.10. The third kappa shape index (κ3) is 4.34. The standard InChI is InChI=1S/C12H16BrN3O/c13-10-8-14-7-5-11(10)15-6-1-2-12(17)16-9-3-4-9/h5,7-9H,1-4,6H2,(H,14,15)(H,16,17). The minimum Gasteiger partial charge on any atom is -0.384 e. The number of carbonyl (C=O) groups is 1. The fraction of sp³-hybridized carbons (Fsp3) is 0.500. The predicted octanol–water partition coefficient (Wildman–Crippen LogP) is 2.31. The van der Waals surface area contributed by atoms with Crippen molar-refractivity contribution < 1.29 is 4.79 Å². The average Bonchev–Trinajstić information content (AvgIpc) is 3.10. The number of pyridine rings is 1. The molecule has 0 spiro atoms. The maximum atomic E-state index is 11.4. The summed E-state index contributed by atoms with van der Waals surface area (Å²) in [4.78, 5) is 15.4. The highest BCUT2D eigenvalue weighted by Crippen LogP contribution is 2.20. The maximum Gasteiger partial charge on any atom is 0.220 e. The molecule has 0 unspecified atom stereocenters. The highest BCUT2D eigenvalue weighted by atomic mass is 79.9. The summed E-state index contributed by atoms with van der Waals surface area (Å²) in [5.74, 6) is 0.170. The van der Waals surface area contributed by atoms with Crippen molar-refractivity contribution in [1.82, 2.24) is 10.3 Å². The van der Waals surface area contributed by atoms with E-state index in [4.69, 9.17) is 0 Å². The molecule has 1 aliphatic rings. The van der Waals surface area contributed by atoms with Gasteiger partial charge in [-0.2, -0.15) is 0 Å². The second-order valence-electron chi connectivity index (χ2n) is 4.23. The number of carbonyl (C=O) groups excluding carboxylic acids is 1. The number of amides is 1. The first-order valence-electron chi connectivity index (χ1n) is 5.88. The molecule has 0 aromatic carbocycles. The fourth-order valence-electron chi connectivity index (χ4n) is 1.52. The topological polar surface area (TPSA) is 54.0 Å². The summed E-state index contributed by atoms with van der Waals surface area (Å²) in [5.41, 5.74) is 1.02. The molecule has 0 radical (unpaired) electrons. The molecule has 1 aromatic heterocycles. The first kappa shape index (κ1) is 12.4. The highest BCUT2D eigenvalue weighted by molar-refractivity contribution is 9.10. The summed E-state index contributed by atoms with van der Waals surface area (Å²) in [6.45, 7) is 0.792. The maximum absolute atomic E-state index is 11.4. The van der Waals surface area contributed by atoms with Crippen LogP contribution in [-0.2, 0) is 4.79 Å². The van der Waals surface area contributed by atoms with Gasteiger partial charge in [-0.05, 0) is 41.3 Å². The SMILES string of the molecule is O=C(CCCNc1ccncc1Br)NC1CC1. The van der Waals surface area contributed by atoms with Crippen LogP contribution >= 0.6 is 15.9 Å². The van der Waals surface area contributed by atoms with E-state index in [9.17, 15) is 4.79 Å². The molecule has 1 heterocycles. The van der Waals surface area contributed by atoms with Gasteiger partial charge < -0.3 is 10.6 Å². The van der Waals surface area contributed by atoms with Crippen molar-refractivity contribution in [2.75, 3.05) is 11.9 Å². The van der Waals surface area contributed by atoms with E-state index in [0.29, 0.717) is 12.5 Å². The molecule has 0 bridgehead atoms. The highest BCUT2D eigenvalue weighted by Gasteiger charge is 2.22. The van der Waals surface area contributed by atoms with Crippen molar-refractivity contribution in [3.63, 3.8) is 0 Å². The first-order chi connectivity index (χ1) is 8.25. The van der Waals surface area contributed by atoms with Crippen molar-refractivity contribution in [1.29, 1.82) is 0 Å². The zero-order valence-electron chi connectivity index (χ0n) is 9.58. The summed E-state index contributed by atoms with van der Waals surface area (Å²) >= 11 is 3.41. The number of rotatable bonds is 6. The van der Waals surface area contributed by atoms with E-state index >= 15 is 0 Å². The molecule has 1 fully saturated rings. The third-order valence-electron chi connectivity index (χ3n) is 2.61. The van der Waals surface area contributed by atoms with Crippen molar-refractivity contribution >= 4 is 27.5 Å². The Morgan fingerprint density at radius 3 is 3.06 bits per heavy atom. The summed E-state index contributed by atoms with van der Waals surface area (Å²) in [6, 6.07) is 2.37. The van der Waals surface area contributed by atoms with Gasteiger partial charge in [0, 0.05) is 31.4 Å². The van der Waals surface area contributed by atoms with Gasteiger partial charge in [-0.15, -0.1) is 0 Å². The van der Waals surface area contributed by atoms with Crippen LogP contribution in [0.15, 0.2) is 22.9 Å². The largest absolute Gasteiger partial charge is 0.384 e. The lowest BCUT2D eigenvalue weighted by atomic mass is 10.3. The van der Waals surface area contributed by atoms with Crippen LogP contribution in [0, 0.1) is 0 Å². The molecule has 5 heteroatoms. The Kier molecular flexibility index (Phi) is 4.36. The summed E-state index contributed by atoms with van der Waals surface area (Å²) in [5, 5.41) is 6.25. The molecular formula is C12H16BrN3O. The minimum atomic E-state index is 0.170. The van der Waals surface area contributed by atoms with Gasteiger partial charge in [-0.25, -0.2) is 0 Å². The average molecular weight is 298 g/mol. The van der Waals surface area contributed by atoms with Crippen LogP contribution in [-0.4, -0.2) is 23.5 Å². The van der Waals surface area contributed by atoms with Crippen molar-refractivity contribution in [2.45, 2.75) is 31.7 Å². The van der Waals surface area contributed by atoms with Gasteiger partial charge in [0.15, 0.2) is 0 Å². The molecule has 1 amide bonds. The quantitative estimate of drug-likeness (QED) is 0.792. The van der Waals surface area contributed by atoms with Gasteiger partial charge >= 0.3 is 0 Å². The predicted molar refractivity (Wildman–Crippen MR) is 70.8 cm³/mol. The second kappa shape index (κ2) is 6.00. The Balaban J connectivity index is 1.62. The molecule has 2 rings (SSSR count). The molecule has 1 saturated carbocycles. The molecule has 1 aromatic rings. The zero-order chi connectivity index (χ0) is 12.1. The lowest BCUT2D eigenvalue weighted by Gasteiger charge is -2.07. The van der Waals surface area contributed by atoms with E-state index in [0.717, 1.165) is 36.0 Å². The normalized spacial score (nSPS) is 14.4. The van der Waals surface area contributed by atoms with E-state index in [2.05, 4.69) is 31.5 Å². The Labute approximate surface area is 109 Å². The Morgan fingerprint density at radius 2 is 2.35 bits per heavy atom. The minimum absolute atomic E-state index is 0.170. The molecule has 0 aliphatic heterocycles. The molecule has 0 saturated heterocycles. The number of hydrogen-bond donors (Lipinski definition) is 2. The van der Waals surface area contributed by atoms with Crippen LogP contribution in [0.25, 0.3) is 0 Å². The third-order valence-corrected chi connectivity index (χ3v) is 3.24. The molecule has 2 N–H and O–H groups in total. The van der Waals surface area contributed by atoms with Crippen LogP contribution in [0.2, 0.25) is 0 Å². The molecule has 17 heavy (non-hydrogen) atoms. The second-order valence-corrected chi connectivity index (χ2v) is 5.08. The van der Waals surface area contributed by atoms with E-state index in [1.54, 1.807) is 12.4 Å². The van der Waals surface area contributed by atoms with E-state index in [-0.39, 0.29) is 5.91 Å². The number of nitrogens with one attached hydrogen (secondary N) is 2. The lowest BCUT2D eigenvalue weighted by molar-refractivity contribution is -0.121. The summed E-state index contributed by atoms with van der Waals surface area (Å²) < 4.78 is 0.947. The van der Waals surface area contributed by atoms with Gasteiger partial charge in [0.2, 0.25) is 5.91 Å². The molecule has 4 nitrogen and oxygen atoms in total. The Morgan fingerprint density at radius 1 is 1.53 bits per heavy atom. The smallest absolute Gasteiger partial charge is 0.220 e. The van der Waals surface area contributed by atoms with Gasteiger partial charge in [0.1, 0.15) is 0 Å². The number of aromatic nitrogens is 1. The van der Waals surface area contributed by atoms with Crippen LogP contribution in [0.4, 0.5) is 5.69 Å². The fourth-order valence-corrected chi connectivity index (χ4v) is 1.91. The van der Waals surface area contributed by atoms with Gasteiger partial charge in [-0.3, -0.25) is 9.78 Å². The van der Waals surface area contributed by atoms with Crippen LogP contribution in [0.3, 0.4) is 0 Å². The van der Waals surface area contributed by atoms with E-state index in [1.807, 2.05) is 6.07 Å². The van der Waals surface area contributed by atoms with E-state index < -0.39 is 0 Å². The van der Waals surface area contributed by atoms with Gasteiger partial charge in [0.05, 0.1) is 10.2 Å². The summed E-state index contributed by atoms with van der Waals surface area (Å²) in [7, 11) is 0. The molecule has 92 valence electrons. The van der Waals surface area contributed by atoms with Crippen molar-refractivity contribution in [3.05, 3.63) is 22.9 Å². The van der Waals surface area contributed by atoms with Crippen molar-refractivity contribution in [2.24, 2.45) is 0 Å². The molecular weight excluding hydrogens is 282 g/mol. The first-order valence-corrected chi connectivity index (χ1v) is 6.68.